The first-order chi connectivity index (χ1) is 9.28. The van der Waals surface area contributed by atoms with Crippen molar-refractivity contribution in [3.63, 3.8) is 0 Å². The van der Waals surface area contributed by atoms with Gasteiger partial charge < -0.3 is 15.2 Å². The smallest absolute Gasteiger partial charge is 0.323 e. The van der Waals surface area contributed by atoms with Crippen molar-refractivity contribution in [3.05, 3.63) is 0 Å². The monoisotopic (exact) mass is 285 g/mol. The van der Waals surface area contributed by atoms with Crippen LogP contribution in [0.5, 0.6) is 0 Å². The summed E-state index contributed by atoms with van der Waals surface area (Å²) in [6.07, 6.45) is 4.15. The number of hydrogen-bond donors (Lipinski definition) is 2. The molecular weight excluding hydrogens is 254 g/mol. The van der Waals surface area contributed by atoms with Crippen molar-refractivity contribution in [2.75, 3.05) is 6.54 Å². The minimum Gasteiger partial charge on any atom is -0.480 e. The van der Waals surface area contributed by atoms with E-state index in [9.17, 15) is 9.90 Å². The Labute approximate surface area is 123 Å². The number of aliphatic carboxylic acids is 1. The maximum Gasteiger partial charge on any atom is 0.323 e. The van der Waals surface area contributed by atoms with Gasteiger partial charge in [-0.15, -0.1) is 0 Å². The van der Waals surface area contributed by atoms with Crippen LogP contribution in [-0.4, -0.2) is 35.4 Å². The Balaban J connectivity index is 2.50. The zero-order valence-electron chi connectivity index (χ0n) is 13.6. The van der Waals surface area contributed by atoms with E-state index in [1.54, 1.807) is 6.92 Å². The summed E-state index contributed by atoms with van der Waals surface area (Å²) in [6, 6.07) is 0. The van der Waals surface area contributed by atoms with E-state index in [0.29, 0.717) is 18.9 Å². The highest BCUT2D eigenvalue weighted by atomic mass is 16.5. The maximum absolute atomic E-state index is 11.4. The van der Waals surface area contributed by atoms with E-state index in [2.05, 4.69) is 19.2 Å². The number of carbonyl (C=O) groups is 1. The first-order valence-corrected chi connectivity index (χ1v) is 7.92. The number of rotatable bonds is 7. The van der Waals surface area contributed by atoms with Crippen molar-refractivity contribution >= 4 is 5.97 Å². The second-order valence-electron chi connectivity index (χ2n) is 6.71. The van der Waals surface area contributed by atoms with Gasteiger partial charge in [-0.25, -0.2) is 0 Å². The van der Waals surface area contributed by atoms with Crippen molar-refractivity contribution in [1.29, 1.82) is 0 Å². The third-order valence-electron chi connectivity index (χ3n) is 4.71. The van der Waals surface area contributed by atoms with E-state index in [1.165, 1.54) is 6.42 Å². The summed E-state index contributed by atoms with van der Waals surface area (Å²) in [5.74, 6) is 0.664. The molecule has 0 spiro atoms. The van der Waals surface area contributed by atoms with Gasteiger partial charge in [0.25, 0.3) is 0 Å². The van der Waals surface area contributed by atoms with Gasteiger partial charge in [0, 0.05) is 6.42 Å². The lowest BCUT2D eigenvalue weighted by Crippen LogP contribution is -2.51. The Morgan fingerprint density at radius 3 is 2.55 bits per heavy atom. The van der Waals surface area contributed by atoms with Gasteiger partial charge in [0.15, 0.2) is 0 Å². The van der Waals surface area contributed by atoms with Crippen LogP contribution in [0.2, 0.25) is 0 Å². The van der Waals surface area contributed by atoms with Gasteiger partial charge in [-0.05, 0) is 51.5 Å². The molecule has 2 N–H and O–H groups in total. The van der Waals surface area contributed by atoms with Crippen LogP contribution in [0.3, 0.4) is 0 Å². The largest absolute Gasteiger partial charge is 0.480 e. The fourth-order valence-electron chi connectivity index (χ4n) is 3.20. The summed E-state index contributed by atoms with van der Waals surface area (Å²) < 4.78 is 6.10. The molecule has 0 saturated heterocycles. The minimum absolute atomic E-state index is 0.0410. The average molecular weight is 285 g/mol. The van der Waals surface area contributed by atoms with Crippen LogP contribution >= 0.6 is 0 Å². The first kappa shape index (κ1) is 17.4. The standard InChI is InChI=1S/C16H31NO3/c1-6-17-16(5,15(18)19)10-13(4)20-14-8-7-11(2)12(3)9-14/h11-14,17H,6-10H2,1-5H3,(H,18,19). The van der Waals surface area contributed by atoms with Gasteiger partial charge in [-0.2, -0.15) is 0 Å². The molecule has 20 heavy (non-hydrogen) atoms. The normalized spacial score (nSPS) is 31.6. The molecule has 1 rings (SSSR count). The third kappa shape index (κ3) is 4.74. The fraction of sp³-hybridized carbons (Fsp3) is 0.938. The average Bonchev–Trinajstić information content (AvgIpc) is 2.33. The molecule has 118 valence electrons. The third-order valence-corrected chi connectivity index (χ3v) is 4.71. The lowest BCUT2D eigenvalue weighted by Gasteiger charge is -2.35. The van der Waals surface area contributed by atoms with Crippen LogP contribution in [0.1, 0.15) is 60.3 Å². The van der Waals surface area contributed by atoms with Gasteiger partial charge in [-0.1, -0.05) is 20.8 Å². The molecule has 0 bridgehead atoms. The maximum atomic E-state index is 11.4. The molecule has 1 aliphatic rings. The number of ether oxygens (including phenoxy) is 1. The van der Waals surface area contributed by atoms with E-state index in [1.807, 2.05) is 13.8 Å². The van der Waals surface area contributed by atoms with Crippen LogP contribution in [0.25, 0.3) is 0 Å². The summed E-state index contributed by atoms with van der Waals surface area (Å²) in [5.41, 5.74) is -0.901. The molecule has 4 nitrogen and oxygen atoms in total. The zero-order valence-corrected chi connectivity index (χ0v) is 13.6. The highest BCUT2D eigenvalue weighted by Crippen LogP contribution is 2.32. The lowest BCUT2D eigenvalue weighted by molar-refractivity contribution is -0.146. The molecule has 0 radical (unpaired) electrons. The van der Waals surface area contributed by atoms with Crippen molar-refractivity contribution in [1.82, 2.24) is 5.32 Å². The molecule has 1 saturated carbocycles. The van der Waals surface area contributed by atoms with Crippen LogP contribution in [0.4, 0.5) is 0 Å². The van der Waals surface area contributed by atoms with Crippen LogP contribution < -0.4 is 5.32 Å². The molecule has 1 aliphatic carbocycles. The summed E-state index contributed by atoms with van der Waals surface area (Å²) in [6.45, 7) is 10.9. The number of carboxylic acids is 1. The number of carboxylic acid groups (broad SMARTS) is 1. The molecule has 0 aromatic carbocycles. The van der Waals surface area contributed by atoms with Gasteiger partial charge in [-0.3, -0.25) is 4.79 Å². The SMILES string of the molecule is CCNC(C)(CC(C)OC1CCC(C)C(C)C1)C(=O)O. The molecule has 0 aromatic rings. The summed E-state index contributed by atoms with van der Waals surface area (Å²) in [7, 11) is 0. The van der Waals surface area contributed by atoms with Gasteiger partial charge in [0.05, 0.1) is 12.2 Å². The minimum atomic E-state index is -0.901. The van der Waals surface area contributed by atoms with Crippen molar-refractivity contribution in [3.8, 4) is 0 Å². The van der Waals surface area contributed by atoms with Crippen LogP contribution in [0.15, 0.2) is 0 Å². The molecule has 5 atom stereocenters. The van der Waals surface area contributed by atoms with Gasteiger partial charge in [0.1, 0.15) is 5.54 Å². The quantitative estimate of drug-likeness (QED) is 0.755. The highest BCUT2D eigenvalue weighted by Gasteiger charge is 2.35. The Morgan fingerprint density at radius 2 is 2.05 bits per heavy atom. The van der Waals surface area contributed by atoms with E-state index in [4.69, 9.17) is 4.74 Å². The van der Waals surface area contributed by atoms with E-state index < -0.39 is 11.5 Å². The molecule has 4 heteroatoms. The fourth-order valence-corrected chi connectivity index (χ4v) is 3.20. The topological polar surface area (TPSA) is 58.6 Å². The summed E-state index contributed by atoms with van der Waals surface area (Å²) in [4.78, 5) is 11.4. The molecular formula is C16H31NO3. The second kappa shape index (κ2) is 7.41. The van der Waals surface area contributed by atoms with Crippen LogP contribution in [-0.2, 0) is 9.53 Å². The Hall–Kier alpha value is -0.610. The Kier molecular flexibility index (Phi) is 6.46. The van der Waals surface area contributed by atoms with Gasteiger partial charge >= 0.3 is 5.97 Å². The Bertz CT molecular complexity index is 321. The lowest BCUT2D eigenvalue weighted by atomic mass is 9.80. The first-order valence-electron chi connectivity index (χ1n) is 7.92. The zero-order chi connectivity index (χ0) is 15.3. The van der Waals surface area contributed by atoms with Crippen molar-refractivity contribution in [2.45, 2.75) is 78.0 Å². The molecule has 5 unspecified atom stereocenters. The van der Waals surface area contributed by atoms with Crippen LogP contribution in [0, 0.1) is 11.8 Å². The predicted octanol–water partition coefficient (Wildman–Crippen LogP) is 3.06. The molecule has 0 aliphatic heterocycles. The summed E-state index contributed by atoms with van der Waals surface area (Å²) >= 11 is 0. The van der Waals surface area contributed by atoms with E-state index in [-0.39, 0.29) is 12.2 Å². The van der Waals surface area contributed by atoms with E-state index in [0.717, 1.165) is 18.8 Å². The number of likely N-dealkylation sites (N-methyl/N-ethyl adjacent to an activating group) is 1. The highest BCUT2D eigenvalue weighted by molar-refractivity contribution is 5.78. The van der Waals surface area contributed by atoms with Crippen molar-refractivity contribution < 1.29 is 14.6 Å². The second-order valence-corrected chi connectivity index (χ2v) is 6.71. The number of nitrogens with one attached hydrogen (secondary N) is 1. The molecule has 0 aromatic heterocycles. The van der Waals surface area contributed by atoms with E-state index >= 15 is 0 Å². The molecule has 0 heterocycles. The molecule has 1 fully saturated rings. The summed E-state index contributed by atoms with van der Waals surface area (Å²) in [5, 5.41) is 12.4. The Morgan fingerprint density at radius 1 is 1.40 bits per heavy atom. The van der Waals surface area contributed by atoms with Crippen molar-refractivity contribution in [2.24, 2.45) is 11.8 Å². The number of hydrogen-bond acceptors (Lipinski definition) is 3. The predicted molar refractivity (Wildman–Crippen MR) is 80.8 cm³/mol. The molecule has 0 amide bonds. The van der Waals surface area contributed by atoms with Gasteiger partial charge in [0.2, 0.25) is 0 Å².